The highest BCUT2D eigenvalue weighted by Crippen LogP contribution is 2.37. The van der Waals surface area contributed by atoms with Crippen LogP contribution >= 0.6 is 11.3 Å². The number of allylic oxidation sites excluding steroid dienone is 2. The fourth-order valence-corrected chi connectivity index (χ4v) is 6.17. The largest absolute Gasteiger partial charge is 0.358 e. The van der Waals surface area contributed by atoms with E-state index in [1.54, 1.807) is 11.3 Å². The molecule has 0 spiro atoms. The van der Waals surface area contributed by atoms with Crippen molar-refractivity contribution in [3.8, 4) is 33.1 Å². The van der Waals surface area contributed by atoms with Gasteiger partial charge in [-0.3, -0.25) is 15.1 Å². The van der Waals surface area contributed by atoms with Crippen molar-refractivity contribution in [1.82, 2.24) is 25.1 Å². The molecule has 7 rings (SSSR count). The zero-order valence-electron chi connectivity index (χ0n) is 23.1. The van der Waals surface area contributed by atoms with Gasteiger partial charge in [0, 0.05) is 51.2 Å². The Kier molecular flexibility index (Phi) is 6.49. The van der Waals surface area contributed by atoms with Crippen LogP contribution in [0.1, 0.15) is 17.4 Å². The smallest absolute Gasteiger partial charge is 0.116 e. The molecule has 204 valence electrons. The number of anilines is 1. The number of nitrogens with one attached hydrogen (secondary N) is 3. The van der Waals surface area contributed by atoms with Gasteiger partial charge in [0.2, 0.25) is 0 Å². The van der Waals surface area contributed by atoms with E-state index in [1.807, 2.05) is 49.8 Å². The molecule has 0 aliphatic heterocycles. The van der Waals surface area contributed by atoms with E-state index in [0.29, 0.717) is 0 Å². The number of fused-ring (bicyclic) bond motifs is 2. The van der Waals surface area contributed by atoms with Crippen LogP contribution in [0.5, 0.6) is 0 Å². The van der Waals surface area contributed by atoms with Crippen LogP contribution in [-0.4, -0.2) is 25.1 Å². The highest BCUT2D eigenvalue weighted by atomic mass is 32.1. The van der Waals surface area contributed by atoms with E-state index < -0.39 is 0 Å². The van der Waals surface area contributed by atoms with Crippen molar-refractivity contribution in [3.05, 3.63) is 127 Å². The molecule has 7 aromatic rings. The topological polar surface area (TPSA) is 82.3 Å². The van der Waals surface area contributed by atoms with Crippen molar-refractivity contribution in [2.24, 2.45) is 0 Å². The number of H-pyrrole nitrogens is 2. The maximum atomic E-state index is 4.73. The number of aromatic amines is 2. The Balaban J connectivity index is 1.21. The maximum absolute atomic E-state index is 4.73. The molecule has 0 saturated heterocycles. The van der Waals surface area contributed by atoms with Gasteiger partial charge in [-0.25, -0.2) is 0 Å². The lowest BCUT2D eigenvalue weighted by Crippen LogP contribution is -2.02. The summed E-state index contributed by atoms with van der Waals surface area (Å²) in [6.45, 7) is 10.3. The first-order valence-corrected chi connectivity index (χ1v) is 14.5. The molecule has 0 aliphatic carbocycles. The third kappa shape index (κ3) is 4.91. The van der Waals surface area contributed by atoms with Gasteiger partial charge in [0.15, 0.2) is 0 Å². The summed E-state index contributed by atoms with van der Waals surface area (Å²) in [5.74, 6) is 0. The van der Waals surface area contributed by atoms with Crippen LogP contribution in [0.25, 0.3) is 60.5 Å². The summed E-state index contributed by atoms with van der Waals surface area (Å²) in [7, 11) is 0. The molecule has 3 N–H and O–H groups in total. The molecule has 0 amide bonds. The minimum absolute atomic E-state index is 0.749. The molecule has 0 radical (unpaired) electrons. The van der Waals surface area contributed by atoms with E-state index >= 15 is 0 Å². The molecular formula is C35H28N6S. The van der Waals surface area contributed by atoms with Crippen molar-refractivity contribution in [1.29, 1.82) is 0 Å². The Morgan fingerprint density at radius 2 is 1.71 bits per heavy atom. The average molecular weight is 565 g/mol. The molecule has 0 bridgehead atoms. The quantitative estimate of drug-likeness (QED) is 0.172. The van der Waals surface area contributed by atoms with Crippen LogP contribution in [0, 0.1) is 0 Å². The van der Waals surface area contributed by atoms with Crippen LogP contribution < -0.4 is 5.32 Å². The van der Waals surface area contributed by atoms with E-state index in [4.69, 9.17) is 10.1 Å². The van der Waals surface area contributed by atoms with Gasteiger partial charge in [-0.2, -0.15) is 5.10 Å². The van der Waals surface area contributed by atoms with E-state index in [0.717, 1.165) is 78.3 Å². The second-order valence-corrected chi connectivity index (χ2v) is 11.5. The number of rotatable bonds is 8. The van der Waals surface area contributed by atoms with Gasteiger partial charge in [0.25, 0.3) is 0 Å². The zero-order chi connectivity index (χ0) is 28.6. The summed E-state index contributed by atoms with van der Waals surface area (Å²) < 4.78 is 0. The summed E-state index contributed by atoms with van der Waals surface area (Å²) in [5.41, 5.74) is 10.9. The van der Waals surface area contributed by atoms with Gasteiger partial charge in [0.05, 0.1) is 33.7 Å². The molecule has 0 unspecified atom stereocenters. The SMILES string of the molecule is C=C(Cc1ccccc1)Nc1cncc(-c2ccc3[nH]nc(-c4cc5c(-c6ccc(C(=C)C)s6)nccc5[nH]4)c3c2)c1. The number of hydrogen-bond donors (Lipinski definition) is 3. The first kappa shape index (κ1) is 25.7. The lowest BCUT2D eigenvalue weighted by Gasteiger charge is -2.11. The second-order valence-electron chi connectivity index (χ2n) is 10.4. The summed E-state index contributed by atoms with van der Waals surface area (Å²) in [6, 6.07) is 27.1. The molecule has 0 saturated carbocycles. The maximum Gasteiger partial charge on any atom is 0.116 e. The van der Waals surface area contributed by atoms with Crippen molar-refractivity contribution in [2.75, 3.05) is 5.32 Å². The van der Waals surface area contributed by atoms with Crippen molar-refractivity contribution < 1.29 is 0 Å². The van der Waals surface area contributed by atoms with E-state index in [2.05, 4.69) is 88.1 Å². The van der Waals surface area contributed by atoms with Gasteiger partial charge in [0.1, 0.15) is 5.69 Å². The molecule has 42 heavy (non-hydrogen) atoms. The number of pyridine rings is 2. The first-order chi connectivity index (χ1) is 20.5. The predicted octanol–water partition coefficient (Wildman–Crippen LogP) is 9.10. The monoisotopic (exact) mass is 564 g/mol. The van der Waals surface area contributed by atoms with Gasteiger partial charge in [-0.05, 0) is 66.1 Å². The van der Waals surface area contributed by atoms with Crippen LogP contribution in [0.4, 0.5) is 5.69 Å². The van der Waals surface area contributed by atoms with Crippen LogP contribution in [0.2, 0.25) is 0 Å². The Bertz CT molecular complexity index is 2100. The van der Waals surface area contributed by atoms with E-state index in [-0.39, 0.29) is 0 Å². The summed E-state index contributed by atoms with van der Waals surface area (Å²) in [4.78, 5) is 15.1. The third-order valence-corrected chi connectivity index (χ3v) is 8.53. The van der Waals surface area contributed by atoms with Crippen molar-refractivity contribution >= 4 is 44.4 Å². The fraction of sp³-hybridized carbons (Fsp3) is 0.0571. The van der Waals surface area contributed by atoms with Gasteiger partial charge in [-0.1, -0.05) is 49.6 Å². The Labute approximate surface area is 247 Å². The van der Waals surface area contributed by atoms with Gasteiger partial charge >= 0.3 is 0 Å². The number of nitrogens with zero attached hydrogens (tertiary/aromatic N) is 3. The molecule has 0 fully saturated rings. The van der Waals surface area contributed by atoms with Crippen LogP contribution in [0.3, 0.4) is 0 Å². The molecule has 5 aromatic heterocycles. The van der Waals surface area contributed by atoms with Crippen LogP contribution in [0.15, 0.2) is 116 Å². The molecule has 7 heteroatoms. The number of aromatic nitrogens is 5. The third-order valence-electron chi connectivity index (χ3n) is 7.28. The fourth-order valence-electron chi connectivity index (χ4n) is 5.23. The molecule has 2 aromatic carbocycles. The summed E-state index contributed by atoms with van der Waals surface area (Å²) in [5, 5.41) is 13.4. The molecule has 6 nitrogen and oxygen atoms in total. The molecule has 0 atom stereocenters. The minimum Gasteiger partial charge on any atom is -0.358 e. The molecular weight excluding hydrogens is 536 g/mol. The van der Waals surface area contributed by atoms with Gasteiger partial charge < -0.3 is 10.3 Å². The Hall–Kier alpha value is -5.27. The first-order valence-electron chi connectivity index (χ1n) is 13.7. The van der Waals surface area contributed by atoms with Crippen molar-refractivity contribution in [2.45, 2.75) is 13.3 Å². The summed E-state index contributed by atoms with van der Waals surface area (Å²) >= 11 is 1.71. The second kappa shape index (κ2) is 10.6. The molecule has 5 heterocycles. The van der Waals surface area contributed by atoms with Crippen LogP contribution in [-0.2, 0) is 6.42 Å². The molecule has 0 aliphatic rings. The zero-order valence-corrected chi connectivity index (χ0v) is 23.9. The normalized spacial score (nSPS) is 11.3. The van der Waals surface area contributed by atoms with E-state index in [1.165, 1.54) is 10.4 Å². The highest BCUT2D eigenvalue weighted by Gasteiger charge is 2.16. The summed E-state index contributed by atoms with van der Waals surface area (Å²) in [6.07, 6.45) is 6.30. The predicted molar refractivity (Wildman–Crippen MR) is 175 cm³/mol. The average Bonchev–Trinajstić information content (AvgIpc) is 3.75. The van der Waals surface area contributed by atoms with Gasteiger partial charge in [-0.15, -0.1) is 11.3 Å². The Morgan fingerprint density at radius 1 is 0.857 bits per heavy atom. The lowest BCUT2D eigenvalue weighted by molar-refractivity contribution is 1.12. The highest BCUT2D eigenvalue weighted by molar-refractivity contribution is 7.16. The Morgan fingerprint density at radius 3 is 2.55 bits per heavy atom. The minimum atomic E-state index is 0.749. The van der Waals surface area contributed by atoms with E-state index in [9.17, 15) is 0 Å². The lowest BCUT2D eigenvalue weighted by atomic mass is 10.0. The standard InChI is InChI=1S/C35H28N6S/c1-21(2)32-11-12-33(42-32)35-28-18-31(39-29(28)13-14-37-35)34-27-17-24(9-10-30(27)40-41-34)25-16-26(20-36-19-25)38-22(3)15-23-7-5-4-6-8-23/h4-14,16-20,38-39H,1,3,15H2,2H3,(H,40,41). The number of thiophene rings is 1. The van der Waals surface area contributed by atoms with Crippen molar-refractivity contribution in [3.63, 3.8) is 0 Å². The number of benzene rings is 2. The number of hydrogen-bond acceptors (Lipinski definition) is 5.